The van der Waals surface area contributed by atoms with E-state index < -0.39 is 0 Å². The van der Waals surface area contributed by atoms with Gasteiger partial charge in [0.1, 0.15) is 0 Å². The van der Waals surface area contributed by atoms with Gasteiger partial charge in [0.15, 0.2) is 0 Å². The van der Waals surface area contributed by atoms with Gasteiger partial charge >= 0.3 is 0 Å². The van der Waals surface area contributed by atoms with E-state index in [9.17, 15) is 0 Å². The molecule has 1 nitrogen and oxygen atoms in total. The zero-order chi connectivity index (χ0) is 11.4. The molecule has 2 heteroatoms. The van der Waals surface area contributed by atoms with Crippen molar-refractivity contribution in [2.45, 2.75) is 39.0 Å². The smallest absolute Gasteiger partial charge is 0.00503 e. The van der Waals surface area contributed by atoms with E-state index in [1.807, 2.05) is 0 Å². The molecule has 1 aromatic carbocycles. The SMILES string of the molecule is CCCN1CCCC(c2ccc(C)cc2)C1.Cl. The standard InChI is InChI=1S/C15H23N.ClH/c1-3-10-16-11-4-5-15(12-16)14-8-6-13(2)7-9-14;/h6-9,15H,3-5,10-12H2,1-2H3;1H. The molecule has 0 saturated carbocycles. The molecule has 0 aliphatic carbocycles. The maximum atomic E-state index is 2.62. The van der Waals surface area contributed by atoms with Gasteiger partial charge < -0.3 is 4.90 Å². The molecule has 1 aliphatic heterocycles. The Morgan fingerprint density at radius 1 is 1.24 bits per heavy atom. The van der Waals surface area contributed by atoms with Crippen LogP contribution in [0, 0.1) is 6.92 Å². The van der Waals surface area contributed by atoms with E-state index in [0.717, 1.165) is 5.92 Å². The Labute approximate surface area is 112 Å². The van der Waals surface area contributed by atoms with E-state index in [-0.39, 0.29) is 12.4 Å². The highest BCUT2D eigenvalue weighted by Gasteiger charge is 2.20. The second-order valence-electron chi connectivity index (χ2n) is 5.05. The molecule has 17 heavy (non-hydrogen) atoms. The van der Waals surface area contributed by atoms with Crippen molar-refractivity contribution in [2.75, 3.05) is 19.6 Å². The first kappa shape index (κ1) is 14.5. The zero-order valence-electron chi connectivity index (χ0n) is 11.0. The number of hydrogen-bond acceptors (Lipinski definition) is 1. The van der Waals surface area contributed by atoms with E-state index in [0.29, 0.717) is 0 Å². The highest BCUT2D eigenvalue weighted by Crippen LogP contribution is 2.26. The topological polar surface area (TPSA) is 3.24 Å². The first-order valence-corrected chi connectivity index (χ1v) is 6.58. The summed E-state index contributed by atoms with van der Waals surface area (Å²) < 4.78 is 0. The Hall–Kier alpha value is -0.530. The number of nitrogens with zero attached hydrogens (tertiary/aromatic N) is 1. The van der Waals surface area contributed by atoms with Gasteiger partial charge in [0.2, 0.25) is 0 Å². The van der Waals surface area contributed by atoms with E-state index in [1.165, 1.54) is 50.0 Å². The van der Waals surface area contributed by atoms with Gasteiger partial charge in [-0.05, 0) is 50.8 Å². The van der Waals surface area contributed by atoms with Gasteiger partial charge in [-0.3, -0.25) is 0 Å². The van der Waals surface area contributed by atoms with Crippen LogP contribution in [-0.2, 0) is 0 Å². The largest absolute Gasteiger partial charge is 0.303 e. The maximum absolute atomic E-state index is 2.62. The van der Waals surface area contributed by atoms with E-state index >= 15 is 0 Å². The van der Waals surface area contributed by atoms with E-state index in [2.05, 4.69) is 43.0 Å². The first-order valence-electron chi connectivity index (χ1n) is 6.58. The van der Waals surface area contributed by atoms with Crippen LogP contribution in [0.4, 0.5) is 0 Å². The molecule has 96 valence electrons. The third-order valence-electron chi connectivity index (χ3n) is 3.59. The van der Waals surface area contributed by atoms with Crippen molar-refractivity contribution < 1.29 is 0 Å². The molecule has 1 aliphatic rings. The summed E-state index contributed by atoms with van der Waals surface area (Å²) in [5, 5.41) is 0. The minimum absolute atomic E-state index is 0. The van der Waals surface area contributed by atoms with E-state index in [4.69, 9.17) is 0 Å². The fourth-order valence-electron chi connectivity index (χ4n) is 2.69. The van der Waals surface area contributed by atoms with Crippen LogP contribution in [0.25, 0.3) is 0 Å². The van der Waals surface area contributed by atoms with Crippen LogP contribution in [0.15, 0.2) is 24.3 Å². The number of benzene rings is 1. The molecule has 0 bridgehead atoms. The van der Waals surface area contributed by atoms with Crippen molar-refractivity contribution in [1.29, 1.82) is 0 Å². The van der Waals surface area contributed by atoms with Crippen LogP contribution in [-0.4, -0.2) is 24.5 Å². The second-order valence-corrected chi connectivity index (χ2v) is 5.05. The Morgan fingerprint density at radius 3 is 2.59 bits per heavy atom. The van der Waals surface area contributed by atoms with Crippen LogP contribution < -0.4 is 0 Å². The number of rotatable bonds is 3. The van der Waals surface area contributed by atoms with E-state index in [1.54, 1.807) is 0 Å². The lowest BCUT2D eigenvalue weighted by Gasteiger charge is -2.32. The molecule has 1 saturated heterocycles. The maximum Gasteiger partial charge on any atom is 0.00503 e. The predicted octanol–water partition coefficient (Wildman–Crippen LogP) is 4.01. The Kier molecular flexibility index (Phi) is 6.01. The summed E-state index contributed by atoms with van der Waals surface area (Å²) in [7, 11) is 0. The van der Waals surface area contributed by atoms with Crippen molar-refractivity contribution >= 4 is 12.4 Å². The van der Waals surface area contributed by atoms with Gasteiger partial charge in [0.25, 0.3) is 0 Å². The van der Waals surface area contributed by atoms with Gasteiger partial charge in [-0.15, -0.1) is 12.4 Å². The van der Waals surface area contributed by atoms with Crippen molar-refractivity contribution in [2.24, 2.45) is 0 Å². The zero-order valence-corrected chi connectivity index (χ0v) is 11.8. The van der Waals surface area contributed by atoms with Gasteiger partial charge in [-0.2, -0.15) is 0 Å². The first-order chi connectivity index (χ1) is 7.79. The molecule has 2 rings (SSSR count). The normalized spacial score (nSPS) is 20.9. The average Bonchev–Trinajstić information content (AvgIpc) is 2.31. The highest BCUT2D eigenvalue weighted by molar-refractivity contribution is 5.85. The van der Waals surface area contributed by atoms with Crippen molar-refractivity contribution in [3.05, 3.63) is 35.4 Å². The molecule has 1 heterocycles. The number of halogens is 1. The number of piperidine rings is 1. The third-order valence-corrected chi connectivity index (χ3v) is 3.59. The monoisotopic (exact) mass is 253 g/mol. The lowest BCUT2D eigenvalue weighted by atomic mass is 9.90. The van der Waals surface area contributed by atoms with Crippen LogP contribution in [0.1, 0.15) is 43.2 Å². The minimum Gasteiger partial charge on any atom is -0.303 e. The van der Waals surface area contributed by atoms with Gasteiger partial charge in [-0.1, -0.05) is 36.8 Å². The third kappa shape index (κ3) is 4.01. The molecule has 0 spiro atoms. The summed E-state index contributed by atoms with van der Waals surface area (Å²) in [6.07, 6.45) is 4.00. The molecular formula is C15H24ClN. The van der Waals surface area contributed by atoms with Crippen LogP contribution in [0.5, 0.6) is 0 Å². The summed E-state index contributed by atoms with van der Waals surface area (Å²) in [5.74, 6) is 0.765. The molecule has 0 amide bonds. The van der Waals surface area contributed by atoms with Crippen molar-refractivity contribution in [1.82, 2.24) is 4.90 Å². The second kappa shape index (κ2) is 7.03. The molecule has 1 fully saturated rings. The molecule has 0 N–H and O–H groups in total. The number of hydrogen-bond donors (Lipinski definition) is 0. The Bertz CT molecular complexity index is 318. The van der Waals surface area contributed by atoms with Crippen molar-refractivity contribution in [3.8, 4) is 0 Å². The fraction of sp³-hybridized carbons (Fsp3) is 0.600. The Balaban J connectivity index is 0.00000144. The lowest BCUT2D eigenvalue weighted by Crippen LogP contribution is -2.34. The van der Waals surface area contributed by atoms with Crippen LogP contribution in [0.3, 0.4) is 0 Å². The van der Waals surface area contributed by atoms with Crippen LogP contribution in [0.2, 0.25) is 0 Å². The summed E-state index contributed by atoms with van der Waals surface area (Å²) >= 11 is 0. The lowest BCUT2D eigenvalue weighted by molar-refractivity contribution is 0.208. The van der Waals surface area contributed by atoms with Gasteiger partial charge in [0, 0.05) is 6.54 Å². The molecular weight excluding hydrogens is 230 g/mol. The number of aryl methyl sites for hydroxylation is 1. The Morgan fingerprint density at radius 2 is 1.94 bits per heavy atom. The summed E-state index contributed by atoms with van der Waals surface area (Å²) in [5.41, 5.74) is 2.90. The van der Waals surface area contributed by atoms with Crippen molar-refractivity contribution in [3.63, 3.8) is 0 Å². The molecule has 0 radical (unpaired) electrons. The fourth-order valence-corrected chi connectivity index (χ4v) is 2.69. The van der Waals surface area contributed by atoms with Gasteiger partial charge in [0.05, 0.1) is 0 Å². The summed E-state index contributed by atoms with van der Waals surface area (Å²) in [4.78, 5) is 2.62. The summed E-state index contributed by atoms with van der Waals surface area (Å²) in [6, 6.07) is 9.12. The molecule has 1 unspecified atom stereocenters. The molecule has 0 aromatic heterocycles. The molecule has 1 aromatic rings. The van der Waals surface area contributed by atoms with Gasteiger partial charge in [-0.25, -0.2) is 0 Å². The van der Waals surface area contributed by atoms with Crippen LogP contribution >= 0.6 is 12.4 Å². The summed E-state index contributed by atoms with van der Waals surface area (Å²) in [6.45, 7) is 8.26. The number of likely N-dealkylation sites (tertiary alicyclic amines) is 1. The quantitative estimate of drug-likeness (QED) is 0.787. The average molecular weight is 254 g/mol. The highest BCUT2D eigenvalue weighted by atomic mass is 35.5. The minimum atomic E-state index is 0. The molecule has 1 atom stereocenters. The predicted molar refractivity (Wildman–Crippen MR) is 77.1 cm³/mol.